The van der Waals surface area contributed by atoms with Crippen LogP contribution in [0.1, 0.15) is 24.7 Å². The molecule has 0 bridgehead atoms. The van der Waals surface area contributed by atoms with Gasteiger partial charge in [0.05, 0.1) is 17.2 Å². The van der Waals surface area contributed by atoms with Crippen molar-refractivity contribution in [2.75, 3.05) is 11.9 Å². The minimum atomic E-state index is -0.503. The maximum absolute atomic E-state index is 13.5. The number of rotatable bonds is 9. The first kappa shape index (κ1) is 22.1. The Balaban J connectivity index is 1.65. The number of carbonyl (C=O) groups excluding carboxylic acids is 1. The predicted molar refractivity (Wildman–Crippen MR) is 130 cm³/mol. The van der Waals surface area contributed by atoms with E-state index < -0.39 is 5.25 Å². The zero-order valence-corrected chi connectivity index (χ0v) is 19.5. The maximum atomic E-state index is 13.5. The van der Waals surface area contributed by atoms with Crippen molar-refractivity contribution < 1.29 is 9.53 Å². The van der Waals surface area contributed by atoms with Crippen molar-refractivity contribution in [3.05, 3.63) is 77.7 Å². The first-order valence-corrected chi connectivity index (χ1v) is 12.2. The van der Waals surface area contributed by atoms with E-state index in [2.05, 4.69) is 22.4 Å². The van der Waals surface area contributed by atoms with Gasteiger partial charge in [-0.15, -0.1) is 21.5 Å². The molecule has 4 aromatic rings. The number of thioether (sulfide) groups is 1. The zero-order valence-electron chi connectivity index (χ0n) is 17.9. The molecule has 0 spiro atoms. The summed E-state index contributed by atoms with van der Waals surface area (Å²) >= 11 is 3.02. The third kappa shape index (κ3) is 4.87. The lowest BCUT2D eigenvalue weighted by Crippen LogP contribution is -2.20. The van der Waals surface area contributed by atoms with E-state index in [0.717, 1.165) is 16.3 Å². The number of nitrogens with one attached hydrogen (secondary N) is 1. The number of nitrogens with zero attached hydrogens (tertiary/aromatic N) is 3. The average Bonchev–Trinajstić information content (AvgIpc) is 3.49. The summed E-state index contributed by atoms with van der Waals surface area (Å²) in [5.41, 5.74) is 1.55. The molecule has 2 aromatic heterocycles. The van der Waals surface area contributed by atoms with Gasteiger partial charge in [0.2, 0.25) is 5.91 Å². The number of anilines is 1. The topological polar surface area (TPSA) is 69.0 Å². The van der Waals surface area contributed by atoms with Gasteiger partial charge in [-0.05, 0) is 43.0 Å². The van der Waals surface area contributed by atoms with Crippen LogP contribution >= 0.6 is 23.1 Å². The van der Waals surface area contributed by atoms with Crippen LogP contribution < -0.4 is 10.1 Å². The lowest BCUT2D eigenvalue weighted by Gasteiger charge is -2.18. The van der Waals surface area contributed by atoms with Gasteiger partial charge in [-0.1, -0.05) is 60.3 Å². The van der Waals surface area contributed by atoms with Gasteiger partial charge < -0.3 is 14.6 Å². The highest BCUT2D eigenvalue weighted by Crippen LogP contribution is 2.38. The molecule has 2 aromatic carbocycles. The molecule has 6 nitrogen and oxygen atoms in total. The number of benzene rings is 2. The number of thiophene rings is 1. The maximum Gasteiger partial charge on any atom is 0.242 e. The van der Waals surface area contributed by atoms with Crippen molar-refractivity contribution >= 4 is 34.7 Å². The van der Waals surface area contributed by atoms with Gasteiger partial charge in [0.15, 0.2) is 11.0 Å². The summed E-state index contributed by atoms with van der Waals surface area (Å²) in [6.07, 6.45) is 0. The summed E-state index contributed by atoms with van der Waals surface area (Å²) in [5, 5.41) is 14.1. The van der Waals surface area contributed by atoms with Gasteiger partial charge in [-0.25, -0.2) is 0 Å². The molecule has 2 heterocycles. The van der Waals surface area contributed by atoms with Crippen molar-refractivity contribution in [1.82, 2.24) is 14.8 Å². The van der Waals surface area contributed by atoms with E-state index in [4.69, 9.17) is 4.74 Å². The second-order valence-corrected chi connectivity index (χ2v) is 8.87. The Kier molecular flexibility index (Phi) is 7.24. The van der Waals surface area contributed by atoms with Crippen LogP contribution in [0.5, 0.6) is 5.75 Å². The van der Waals surface area contributed by atoms with Crippen molar-refractivity contribution in [2.45, 2.75) is 30.8 Å². The molecular formula is C24H24N4O2S2. The zero-order chi connectivity index (χ0) is 22.3. The predicted octanol–water partition coefficient (Wildman–Crippen LogP) is 5.90. The first-order valence-electron chi connectivity index (χ1n) is 10.4. The largest absolute Gasteiger partial charge is 0.492 e. The van der Waals surface area contributed by atoms with Crippen LogP contribution in [0.3, 0.4) is 0 Å². The minimum absolute atomic E-state index is 0.142. The number of carbonyl (C=O) groups is 1. The van der Waals surface area contributed by atoms with Crippen molar-refractivity contribution in [1.29, 1.82) is 0 Å². The Morgan fingerprint density at radius 3 is 2.56 bits per heavy atom. The van der Waals surface area contributed by atoms with Crippen molar-refractivity contribution in [3.63, 3.8) is 0 Å². The van der Waals surface area contributed by atoms with Crippen molar-refractivity contribution in [2.24, 2.45) is 0 Å². The molecule has 0 aliphatic rings. The van der Waals surface area contributed by atoms with Crippen LogP contribution in [-0.4, -0.2) is 27.3 Å². The van der Waals surface area contributed by atoms with Gasteiger partial charge in [-0.2, -0.15) is 0 Å². The Labute approximate surface area is 195 Å². The fourth-order valence-corrected chi connectivity index (χ4v) is 5.12. The Bertz CT molecular complexity index is 1160. The minimum Gasteiger partial charge on any atom is -0.492 e. The Morgan fingerprint density at radius 2 is 1.84 bits per heavy atom. The molecule has 1 N–H and O–H groups in total. The number of aromatic nitrogens is 3. The van der Waals surface area contributed by atoms with E-state index in [0.29, 0.717) is 29.7 Å². The molecule has 0 radical (unpaired) electrons. The molecule has 0 aliphatic carbocycles. The van der Waals surface area contributed by atoms with Gasteiger partial charge in [-0.3, -0.25) is 4.79 Å². The van der Waals surface area contributed by atoms with Gasteiger partial charge in [0, 0.05) is 6.54 Å². The van der Waals surface area contributed by atoms with Crippen LogP contribution in [-0.2, 0) is 11.3 Å². The van der Waals surface area contributed by atoms with Crippen LogP contribution in [0.25, 0.3) is 10.7 Å². The summed E-state index contributed by atoms with van der Waals surface area (Å²) in [7, 11) is 0. The van der Waals surface area contributed by atoms with Crippen LogP contribution in [0.2, 0.25) is 0 Å². The monoisotopic (exact) mass is 464 g/mol. The van der Waals surface area contributed by atoms with Crippen LogP contribution in [0, 0.1) is 0 Å². The number of para-hydroxylation sites is 2. The standard InChI is InChI=1S/C24H24N4O2S2/c1-3-28-22(20-15-10-16-31-20)26-27-24(28)32-21(17-11-6-5-7-12-17)23(29)25-18-13-8-9-14-19(18)30-4-2/h5-16,21H,3-4H2,1-2H3,(H,25,29). The number of ether oxygens (including phenoxy) is 1. The van der Waals surface area contributed by atoms with Crippen LogP contribution in [0.15, 0.2) is 77.3 Å². The highest BCUT2D eigenvalue weighted by atomic mass is 32.2. The lowest BCUT2D eigenvalue weighted by molar-refractivity contribution is -0.115. The third-order valence-electron chi connectivity index (χ3n) is 4.78. The molecule has 0 saturated heterocycles. The normalized spacial score (nSPS) is 11.8. The quantitative estimate of drug-likeness (QED) is 0.313. The lowest BCUT2D eigenvalue weighted by atomic mass is 10.1. The summed E-state index contributed by atoms with van der Waals surface area (Å²) in [6, 6.07) is 21.2. The Hall–Kier alpha value is -3.10. The molecule has 164 valence electrons. The summed E-state index contributed by atoms with van der Waals surface area (Å²) < 4.78 is 7.73. The summed E-state index contributed by atoms with van der Waals surface area (Å²) in [4.78, 5) is 14.5. The van der Waals surface area contributed by atoms with Gasteiger partial charge in [0.25, 0.3) is 0 Å². The summed E-state index contributed by atoms with van der Waals surface area (Å²) in [6.45, 7) is 5.21. The molecule has 8 heteroatoms. The molecule has 32 heavy (non-hydrogen) atoms. The van der Waals surface area contributed by atoms with Gasteiger partial charge in [0.1, 0.15) is 11.0 Å². The van der Waals surface area contributed by atoms with E-state index in [-0.39, 0.29) is 5.91 Å². The molecule has 0 saturated carbocycles. The average molecular weight is 465 g/mol. The highest BCUT2D eigenvalue weighted by molar-refractivity contribution is 8.00. The molecule has 0 aliphatic heterocycles. The van der Waals surface area contributed by atoms with E-state index in [9.17, 15) is 4.79 Å². The Morgan fingerprint density at radius 1 is 1.06 bits per heavy atom. The fraction of sp³-hybridized carbons (Fsp3) is 0.208. The molecular weight excluding hydrogens is 440 g/mol. The third-order valence-corrected chi connectivity index (χ3v) is 6.88. The SMILES string of the molecule is CCOc1ccccc1NC(=O)C(Sc1nnc(-c2cccs2)n1CC)c1ccccc1. The van der Waals surface area contributed by atoms with Crippen LogP contribution in [0.4, 0.5) is 5.69 Å². The first-order chi connectivity index (χ1) is 15.7. The second kappa shape index (κ2) is 10.5. The number of hydrogen-bond donors (Lipinski definition) is 1. The second-order valence-electron chi connectivity index (χ2n) is 6.85. The van der Waals surface area contributed by atoms with Gasteiger partial charge >= 0.3 is 0 Å². The van der Waals surface area contributed by atoms with E-state index >= 15 is 0 Å². The van der Waals surface area contributed by atoms with E-state index in [1.54, 1.807) is 11.3 Å². The molecule has 1 atom stereocenters. The fourth-order valence-electron chi connectivity index (χ4n) is 3.30. The molecule has 1 amide bonds. The van der Waals surface area contributed by atoms with E-state index in [1.165, 1.54) is 11.8 Å². The highest BCUT2D eigenvalue weighted by Gasteiger charge is 2.26. The molecule has 0 fully saturated rings. The molecule has 1 unspecified atom stereocenters. The number of amides is 1. The van der Waals surface area contributed by atoms with Crippen molar-refractivity contribution in [3.8, 4) is 16.5 Å². The molecule has 4 rings (SSSR count). The van der Waals surface area contributed by atoms with E-state index in [1.807, 2.05) is 83.6 Å². The number of hydrogen-bond acceptors (Lipinski definition) is 6. The smallest absolute Gasteiger partial charge is 0.242 e. The summed E-state index contributed by atoms with van der Waals surface area (Å²) in [5.74, 6) is 1.33.